The van der Waals surface area contributed by atoms with E-state index in [0.717, 1.165) is 12.8 Å². The zero-order chi connectivity index (χ0) is 17.8. The Labute approximate surface area is 145 Å². The summed E-state index contributed by atoms with van der Waals surface area (Å²) in [5.41, 5.74) is 0.0242. The molecule has 2 aromatic rings. The third-order valence-electron chi connectivity index (χ3n) is 4.68. The van der Waals surface area contributed by atoms with Gasteiger partial charge in [-0.05, 0) is 37.8 Å². The molecule has 1 saturated carbocycles. The van der Waals surface area contributed by atoms with Gasteiger partial charge in [0.1, 0.15) is 11.5 Å². The van der Waals surface area contributed by atoms with Crippen LogP contribution in [0.5, 0.6) is 0 Å². The predicted octanol–water partition coefficient (Wildman–Crippen LogP) is 2.99. The number of rotatable bonds is 4. The highest BCUT2D eigenvalue weighted by molar-refractivity contribution is 5.92. The van der Waals surface area contributed by atoms with Crippen LogP contribution in [0.3, 0.4) is 0 Å². The van der Waals surface area contributed by atoms with Crippen molar-refractivity contribution in [1.29, 1.82) is 0 Å². The molecule has 5 nitrogen and oxygen atoms in total. The second-order valence-corrected chi connectivity index (χ2v) is 6.58. The molecule has 0 saturated heterocycles. The van der Waals surface area contributed by atoms with E-state index in [4.69, 9.17) is 0 Å². The van der Waals surface area contributed by atoms with Crippen molar-refractivity contribution in [2.45, 2.75) is 39.0 Å². The van der Waals surface area contributed by atoms with Crippen molar-refractivity contribution in [1.82, 2.24) is 15.1 Å². The molecule has 1 aromatic carbocycles. The van der Waals surface area contributed by atoms with E-state index in [0.29, 0.717) is 18.2 Å². The van der Waals surface area contributed by atoms with Crippen molar-refractivity contribution in [3.05, 3.63) is 57.8 Å². The lowest BCUT2D eigenvalue weighted by Crippen LogP contribution is -2.35. The molecule has 3 rings (SSSR count). The van der Waals surface area contributed by atoms with Crippen LogP contribution in [0.1, 0.15) is 48.3 Å². The number of para-hydroxylation sites is 1. The number of hydrogen-bond donors (Lipinski definition) is 1. The van der Waals surface area contributed by atoms with Crippen LogP contribution in [0.25, 0.3) is 5.69 Å². The molecule has 25 heavy (non-hydrogen) atoms. The Kier molecular flexibility index (Phi) is 5.26. The van der Waals surface area contributed by atoms with Crippen molar-refractivity contribution >= 4 is 5.91 Å². The summed E-state index contributed by atoms with van der Waals surface area (Å²) in [4.78, 5) is 24.6. The zero-order valence-electron chi connectivity index (χ0n) is 14.3. The van der Waals surface area contributed by atoms with Gasteiger partial charge in [0.05, 0.1) is 0 Å². The average Bonchev–Trinajstić information content (AvgIpc) is 2.61. The number of halogens is 1. The predicted molar refractivity (Wildman–Crippen MR) is 93.4 cm³/mol. The van der Waals surface area contributed by atoms with E-state index >= 15 is 0 Å². The Bertz CT molecular complexity index is 826. The first-order valence-electron chi connectivity index (χ1n) is 8.70. The maximum Gasteiger partial charge on any atom is 0.275 e. The first-order valence-corrected chi connectivity index (χ1v) is 8.70. The summed E-state index contributed by atoms with van der Waals surface area (Å²) in [6, 6.07) is 7.45. The summed E-state index contributed by atoms with van der Waals surface area (Å²) in [6.07, 6.45) is 5.81. The van der Waals surface area contributed by atoms with E-state index in [1.165, 1.54) is 36.1 Å². The Morgan fingerprint density at radius 2 is 2.00 bits per heavy atom. The summed E-state index contributed by atoms with van der Waals surface area (Å²) in [6.45, 7) is 2.21. The lowest BCUT2D eigenvalue weighted by atomic mass is 9.89. The topological polar surface area (TPSA) is 64.0 Å². The quantitative estimate of drug-likeness (QED) is 0.928. The van der Waals surface area contributed by atoms with Crippen molar-refractivity contribution in [3.63, 3.8) is 0 Å². The second kappa shape index (κ2) is 7.59. The number of aromatic nitrogens is 2. The Hall–Kier alpha value is -2.50. The Morgan fingerprint density at radius 3 is 2.72 bits per heavy atom. The van der Waals surface area contributed by atoms with Crippen LogP contribution in [0, 0.1) is 18.7 Å². The first kappa shape index (κ1) is 17.3. The molecule has 6 heteroatoms. The third kappa shape index (κ3) is 3.95. The first-order chi connectivity index (χ1) is 12.1. The summed E-state index contributed by atoms with van der Waals surface area (Å²) >= 11 is 0. The third-order valence-corrected chi connectivity index (χ3v) is 4.68. The minimum Gasteiger partial charge on any atom is -0.350 e. The molecule has 0 bridgehead atoms. The smallest absolute Gasteiger partial charge is 0.275 e. The van der Waals surface area contributed by atoms with Gasteiger partial charge in [0, 0.05) is 18.3 Å². The standard InChI is InChI=1S/C19H22FN3O2/c1-13-11-17(24)18(19(25)21-12-14-7-3-2-4-8-14)22-23(13)16-10-6-5-9-15(16)20/h5-6,9-11,14H,2-4,7-8,12H2,1H3,(H,21,25). The van der Waals surface area contributed by atoms with Crippen LogP contribution < -0.4 is 10.7 Å². The van der Waals surface area contributed by atoms with Gasteiger partial charge in [0.25, 0.3) is 5.91 Å². The molecular weight excluding hydrogens is 321 g/mol. The molecule has 0 aliphatic heterocycles. The molecule has 1 aliphatic rings. The largest absolute Gasteiger partial charge is 0.350 e. The van der Waals surface area contributed by atoms with Gasteiger partial charge in [-0.1, -0.05) is 31.4 Å². The van der Waals surface area contributed by atoms with Crippen molar-refractivity contribution < 1.29 is 9.18 Å². The molecule has 1 N–H and O–H groups in total. The summed E-state index contributed by atoms with van der Waals surface area (Å²) in [5.74, 6) is -0.507. The van der Waals surface area contributed by atoms with E-state index in [9.17, 15) is 14.0 Å². The molecule has 1 aromatic heterocycles. The number of carbonyl (C=O) groups excluding carboxylic acids is 1. The average molecular weight is 343 g/mol. The van der Waals surface area contributed by atoms with Gasteiger partial charge in [-0.15, -0.1) is 0 Å². The van der Waals surface area contributed by atoms with Crippen molar-refractivity contribution in [2.75, 3.05) is 6.54 Å². The number of nitrogens with zero attached hydrogens (tertiary/aromatic N) is 2. The SMILES string of the molecule is Cc1cc(=O)c(C(=O)NCC2CCCCC2)nn1-c1ccccc1F. The molecule has 1 heterocycles. The monoisotopic (exact) mass is 343 g/mol. The summed E-state index contributed by atoms with van der Waals surface area (Å²) in [5, 5.41) is 6.93. The van der Waals surface area contributed by atoms with Crippen molar-refractivity contribution in [3.8, 4) is 5.69 Å². The molecule has 0 atom stereocenters. The normalized spacial score (nSPS) is 15.1. The van der Waals surface area contributed by atoms with Crippen LogP contribution >= 0.6 is 0 Å². The highest BCUT2D eigenvalue weighted by Crippen LogP contribution is 2.22. The van der Waals surface area contributed by atoms with Gasteiger partial charge < -0.3 is 5.32 Å². The molecule has 0 radical (unpaired) electrons. The van der Waals surface area contributed by atoms with Gasteiger partial charge in [-0.3, -0.25) is 9.59 Å². The lowest BCUT2D eigenvalue weighted by molar-refractivity contribution is 0.0935. The molecule has 1 aliphatic carbocycles. The van der Waals surface area contributed by atoms with Crippen LogP contribution in [0.15, 0.2) is 35.1 Å². The van der Waals surface area contributed by atoms with E-state index in [1.807, 2.05) is 0 Å². The molecule has 1 fully saturated rings. The van der Waals surface area contributed by atoms with Crippen LogP contribution in [-0.4, -0.2) is 22.2 Å². The van der Waals surface area contributed by atoms with E-state index < -0.39 is 17.2 Å². The zero-order valence-corrected chi connectivity index (χ0v) is 14.3. The number of nitrogens with one attached hydrogen (secondary N) is 1. The van der Waals surface area contributed by atoms with Crippen molar-refractivity contribution in [2.24, 2.45) is 5.92 Å². The highest BCUT2D eigenvalue weighted by Gasteiger charge is 2.19. The summed E-state index contributed by atoms with van der Waals surface area (Å²) in [7, 11) is 0. The number of benzene rings is 1. The van der Waals surface area contributed by atoms with Gasteiger partial charge >= 0.3 is 0 Å². The van der Waals surface area contributed by atoms with Crippen LogP contribution in [0.4, 0.5) is 4.39 Å². The van der Waals surface area contributed by atoms with Gasteiger partial charge in [-0.25, -0.2) is 9.07 Å². The maximum absolute atomic E-state index is 14.0. The van der Waals surface area contributed by atoms with Crippen LogP contribution in [0.2, 0.25) is 0 Å². The van der Waals surface area contributed by atoms with Gasteiger partial charge in [0.2, 0.25) is 5.43 Å². The van der Waals surface area contributed by atoms with E-state index in [1.54, 1.807) is 25.1 Å². The number of carbonyl (C=O) groups is 1. The highest BCUT2D eigenvalue weighted by atomic mass is 19.1. The fraction of sp³-hybridized carbons (Fsp3) is 0.421. The number of aryl methyl sites for hydroxylation is 1. The van der Waals surface area contributed by atoms with E-state index in [-0.39, 0.29) is 11.4 Å². The maximum atomic E-state index is 14.0. The molecule has 132 valence electrons. The number of amides is 1. The van der Waals surface area contributed by atoms with Gasteiger partial charge in [0.15, 0.2) is 5.69 Å². The molecular formula is C19H22FN3O2. The fourth-order valence-corrected chi connectivity index (χ4v) is 3.28. The molecule has 1 amide bonds. The summed E-state index contributed by atoms with van der Waals surface area (Å²) < 4.78 is 15.3. The fourth-order valence-electron chi connectivity index (χ4n) is 3.28. The minimum absolute atomic E-state index is 0.204. The molecule has 0 spiro atoms. The Balaban J connectivity index is 1.83. The minimum atomic E-state index is -0.499. The van der Waals surface area contributed by atoms with Crippen LogP contribution in [-0.2, 0) is 0 Å². The second-order valence-electron chi connectivity index (χ2n) is 6.58. The van der Waals surface area contributed by atoms with Gasteiger partial charge in [-0.2, -0.15) is 5.10 Å². The van der Waals surface area contributed by atoms with E-state index in [2.05, 4.69) is 10.4 Å². The lowest BCUT2D eigenvalue weighted by Gasteiger charge is -2.21. The number of hydrogen-bond acceptors (Lipinski definition) is 3. The Morgan fingerprint density at radius 1 is 1.28 bits per heavy atom. The molecule has 0 unspecified atom stereocenters.